The zero-order chi connectivity index (χ0) is 20.6. The molecule has 4 heterocycles. The number of morpholine rings is 1. The standard InChI is InChI=1S/C20H26ClN5O3/c1-20(2,28)13-5-7-26(8-6-13)18(27)15-4-3-14-16(22-15)17(24-19(21)23-14)25-9-11-29-12-10-25/h3-4,13,28H,5-12H2,1-2H3. The third kappa shape index (κ3) is 4.29. The normalized spacial score (nSPS) is 19.0. The SMILES string of the molecule is CC(C)(O)C1CCN(C(=O)c2ccc3nc(Cl)nc(N4CCOCC4)c3n2)CC1. The maximum absolute atomic E-state index is 13.1. The van der Waals surface area contributed by atoms with Crippen LogP contribution in [0.2, 0.25) is 5.28 Å². The number of piperidine rings is 1. The van der Waals surface area contributed by atoms with Gasteiger partial charge in [-0.3, -0.25) is 4.79 Å². The second-order valence-electron chi connectivity index (χ2n) is 8.20. The molecule has 1 N–H and O–H groups in total. The molecular weight excluding hydrogens is 394 g/mol. The maximum Gasteiger partial charge on any atom is 0.272 e. The highest BCUT2D eigenvalue weighted by atomic mass is 35.5. The number of likely N-dealkylation sites (tertiary alicyclic amines) is 1. The molecule has 2 aliphatic heterocycles. The van der Waals surface area contributed by atoms with Crippen LogP contribution in [0.5, 0.6) is 0 Å². The van der Waals surface area contributed by atoms with Crippen LogP contribution in [0.15, 0.2) is 12.1 Å². The van der Waals surface area contributed by atoms with Crippen molar-refractivity contribution in [3.05, 3.63) is 23.1 Å². The number of pyridine rings is 1. The molecule has 0 spiro atoms. The summed E-state index contributed by atoms with van der Waals surface area (Å²) in [6.07, 6.45) is 1.56. The fraction of sp³-hybridized carbons (Fsp3) is 0.600. The van der Waals surface area contributed by atoms with E-state index < -0.39 is 5.60 Å². The van der Waals surface area contributed by atoms with E-state index in [4.69, 9.17) is 16.3 Å². The summed E-state index contributed by atoms with van der Waals surface area (Å²) in [7, 11) is 0. The summed E-state index contributed by atoms with van der Waals surface area (Å²) in [5.74, 6) is 0.724. The van der Waals surface area contributed by atoms with Gasteiger partial charge in [-0.25, -0.2) is 9.97 Å². The number of amides is 1. The van der Waals surface area contributed by atoms with Gasteiger partial charge in [-0.2, -0.15) is 4.98 Å². The highest BCUT2D eigenvalue weighted by Crippen LogP contribution is 2.29. The van der Waals surface area contributed by atoms with Crippen molar-refractivity contribution >= 4 is 34.4 Å². The first kappa shape index (κ1) is 20.3. The Morgan fingerprint density at radius 1 is 1.14 bits per heavy atom. The number of hydrogen-bond acceptors (Lipinski definition) is 7. The van der Waals surface area contributed by atoms with Crippen molar-refractivity contribution in [2.75, 3.05) is 44.3 Å². The minimum absolute atomic E-state index is 0.107. The Labute approximate surface area is 174 Å². The van der Waals surface area contributed by atoms with Crippen molar-refractivity contribution in [3.63, 3.8) is 0 Å². The van der Waals surface area contributed by atoms with Crippen LogP contribution in [-0.2, 0) is 4.74 Å². The van der Waals surface area contributed by atoms with E-state index in [0.717, 1.165) is 12.8 Å². The molecule has 29 heavy (non-hydrogen) atoms. The molecule has 0 aliphatic carbocycles. The molecule has 0 bridgehead atoms. The molecule has 4 rings (SSSR count). The van der Waals surface area contributed by atoms with E-state index in [9.17, 15) is 9.90 Å². The summed E-state index contributed by atoms with van der Waals surface area (Å²) in [5.41, 5.74) is 0.844. The zero-order valence-corrected chi connectivity index (χ0v) is 17.5. The third-order valence-corrected chi connectivity index (χ3v) is 5.98. The van der Waals surface area contributed by atoms with Gasteiger partial charge in [-0.1, -0.05) is 0 Å². The van der Waals surface area contributed by atoms with Crippen molar-refractivity contribution in [1.29, 1.82) is 0 Å². The lowest BCUT2D eigenvalue weighted by atomic mass is 9.83. The lowest BCUT2D eigenvalue weighted by Crippen LogP contribution is -2.44. The van der Waals surface area contributed by atoms with Gasteiger partial charge < -0.3 is 19.6 Å². The Bertz CT molecular complexity index is 903. The second-order valence-corrected chi connectivity index (χ2v) is 8.54. The molecule has 2 saturated heterocycles. The summed E-state index contributed by atoms with van der Waals surface area (Å²) >= 11 is 6.11. The van der Waals surface area contributed by atoms with Crippen LogP contribution < -0.4 is 4.90 Å². The Kier molecular flexibility index (Phi) is 5.59. The molecule has 156 valence electrons. The van der Waals surface area contributed by atoms with Crippen molar-refractivity contribution < 1.29 is 14.6 Å². The van der Waals surface area contributed by atoms with Gasteiger partial charge in [0.1, 0.15) is 11.2 Å². The molecule has 0 radical (unpaired) electrons. The van der Waals surface area contributed by atoms with Crippen LogP contribution in [0.1, 0.15) is 37.2 Å². The van der Waals surface area contributed by atoms with Gasteiger partial charge in [0.25, 0.3) is 5.91 Å². The van der Waals surface area contributed by atoms with E-state index in [1.165, 1.54) is 0 Å². The number of rotatable bonds is 3. The number of ether oxygens (including phenoxy) is 1. The van der Waals surface area contributed by atoms with E-state index in [1.807, 2.05) is 18.7 Å². The number of anilines is 1. The number of hydrogen-bond donors (Lipinski definition) is 1. The molecule has 0 saturated carbocycles. The smallest absolute Gasteiger partial charge is 0.272 e. The predicted octanol–water partition coefficient (Wildman–Crippen LogP) is 2.14. The Balaban J connectivity index is 1.60. The molecule has 0 aromatic carbocycles. The molecule has 1 amide bonds. The third-order valence-electron chi connectivity index (χ3n) is 5.81. The molecule has 0 atom stereocenters. The minimum atomic E-state index is -0.722. The fourth-order valence-corrected chi connectivity index (χ4v) is 4.21. The van der Waals surface area contributed by atoms with Crippen LogP contribution in [0.25, 0.3) is 11.0 Å². The number of aromatic nitrogens is 3. The average molecular weight is 420 g/mol. The van der Waals surface area contributed by atoms with Crippen molar-refractivity contribution in [1.82, 2.24) is 19.9 Å². The molecular formula is C20H26ClN5O3. The van der Waals surface area contributed by atoms with Crippen LogP contribution in [0, 0.1) is 5.92 Å². The van der Waals surface area contributed by atoms with Crippen molar-refractivity contribution in [2.24, 2.45) is 5.92 Å². The maximum atomic E-state index is 13.1. The van der Waals surface area contributed by atoms with Gasteiger partial charge >= 0.3 is 0 Å². The first-order chi connectivity index (χ1) is 13.8. The van der Waals surface area contributed by atoms with Gasteiger partial charge in [-0.05, 0) is 56.3 Å². The van der Waals surface area contributed by atoms with Crippen LogP contribution in [0.4, 0.5) is 5.82 Å². The molecule has 9 heteroatoms. The number of nitrogens with zero attached hydrogens (tertiary/aromatic N) is 5. The zero-order valence-electron chi connectivity index (χ0n) is 16.8. The molecule has 2 fully saturated rings. The first-order valence-corrected chi connectivity index (χ1v) is 10.4. The summed E-state index contributed by atoms with van der Waals surface area (Å²) in [5, 5.41) is 10.4. The predicted molar refractivity (Wildman–Crippen MR) is 110 cm³/mol. The Hall–Kier alpha value is -2.03. The van der Waals surface area contributed by atoms with Gasteiger partial charge in [0.05, 0.1) is 24.3 Å². The number of carbonyl (C=O) groups is 1. The highest BCUT2D eigenvalue weighted by Gasteiger charge is 2.32. The van der Waals surface area contributed by atoms with Gasteiger partial charge in [0.2, 0.25) is 5.28 Å². The second kappa shape index (κ2) is 8.01. The van der Waals surface area contributed by atoms with Gasteiger partial charge in [-0.15, -0.1) is 0 Å². The summed E-state index contributed by atoms with van der Waals surface area (Å²) < 4.78 is 5.42. The first-order valence-electron chi connectivity index (χ1n) is 10.0. The molecule has 2 aromatic heterocycles. The van der Waals surface area contributed by atoms with E-state index in [0.29, 0.717) is 61.9 Å². The Morgan fingerprint density at radius 2 is 1.83 bits per heavy atom. The van der Waals surface area contributed by atoms with E-state index in [2.05, 4.69) is 19.9 Å². The minimum Gasteiger partial charge on any atom is -0.390 e. The van der Waals surface area contributed by atoms with Gasteiger partial charge in [0, 0.05) is 26.2 Å². The Morgan fingerprint density at radius 3 is 2.48 bits per heavy atom. The highest BCUT2D eigenvalue weighted by molar-refractivity contribution is 6.28. The molecule has 2 aromatic rings. The lowest BCUT2D eigenvalue weighted by Gasteiger charge is -2.37. The number of fused-ring (bicyclic) bond motifs is 1. The summed E-state index contributed by atoms with van der Waals surface area (Å²) in [6, 6.07) is 3.47. The van der Waals surface area contributed by atoms with Crippen LogP contribution in [0.3, 0.4) is 0 Å². The summed E-state index contributed by atoms with van der Waals surface area (Å²) in [4.78, 5) is 30.2. The number of halogens is 1. The largest absolute Gasteiger partial charge is 0.390 e. The van der Waals surface area contributed by atoms with Crippen molar-refractivity contribution in [2.45, 2.75) is 32.3 Å². The van der Waals surface area contributed by atoms with E-state index in [1.54, 1.807) is 12.1 Å². The van der Waals surface area contributed by atoms with Crippen LogP contribution >= 0.6 is 11.6 Å². The monoisotopic (exact) mass is 419 g/mol. The molecule has 0 unspecified atom stereocenters. The van der Waals surface area contributed by atoms with Crippen molar-refractivity contribution in [3.8, 4) is 0 Å². The fourth-order valence-electron chi connectivity index (χ4n) is 4.04. The molecule has 2 aliphatic rings. The number of aliphatic hydroxyl groups is 1. The van der Waals surface area contributed by atoms with Gasteiger partial charge in [0.15, 0.2) is 5.82 Å². The lowest BCUT2D eigenvalue weighted by molar-refractivity contribution is -0.0109. The number of carbonyl (C=O) groups excluding carboxylic acids is 1. The molecule has 8 nitrogen and oxygen atoms in total. The van der Waals surface area contributed by atoms with Crippen LogP contribution in [-0.4, -0.2) is 75.9 Å². The topological polar surface area (TPSA) is 91.7 Å². The quantitative estimate of drug-likeness (QED) is 0.762. The average Bonchev–Trinajstić information content (AvgIpc) is 2.72. The van der Waals surface area contributed by atoms with E-state index >= 15 is 0 Å². The van der Waals surface area contributed by atoms with E-state index in [-0.39, 0.29) is 17.1 Å². The summed E-state index contributed by atoms with van der Waals surface area (Å²) in [6.45, 7) is 7.48.